The van der Waals surface area contributed by atoms with E-state index in [0.717, 1.165) is 5.56 Å². The SMILES string of the molecule is CCC(=O)NC1CN(C/C=C/c2ccc(F)nc2)C(CO)C(O)C1O. The zero-order chi connectivity index (χ0) is 18.4. The minimum absolute atomic E-state index is 0.216. The first-order valence-electron chi connectivity index (χ1n) is 8.24. The van der Waals surface area contributed by atoms with Crippen LogP contribution in [0.1, 0.15) is 18.9 Å². The summed E-state index contributed by atoms with van der Waals surface area (Å²) in [5.41, 5.74) is 0.718. The summed E-state index contributed by atoms with van der Waals surface area (Å²) in [6.45, 7) is 2.05. The van der Waals surface area contributed by atoms with E-state index < -0.39 is 30.2 Å². The number of amides is 1. The van der Waals surface area contributed by atoms with Crippen LogP contribution < -0.4 is 5.32 Å². The lowest BCUT2D eigenvalue weighted by atomic mass is 9.92. The maximum atomic E-state index is 12.8. The lowest BCUT2D eigenvalue weighted by Crippen LogP contribution is -2.66. The summed E-state index contributed by atoms with van der Waals surface area (Å²) >= 11 is 0. The van der Waals surface area contributed by atoms with E-state index in [1.807, 2.05) is 0 Å². The Bertz CT molecular complexity index is 596. The minimum atomic E-state index is -1.18. The molecular formula is C17H24FN3O4. The topological polar surface area (TPSA) is 106 Å². The van der Waals surface area contributed by atoms with E-state index in [0.29, 0.717) is 13.1 Å². The van der Waals surface area contributed by atoms with Gasteiger partial charge in [0.2, 0.25) is 11.9 Å². The highest BCUT2D eigenvalue weighted by Gasteiger charge is 2.41. The number of piperidine rings is 1. The van der Waals surface area contributed by atoms with Crippen LogP contribution in [-0.2, 0) is 4.79 Å². The van der Waals surface area contributed by atoms with Gasteiger partial charge in [0.25, 0.3) is 0 Å². The molecule has 1 aromatic heterocycles. The van der Waals surface area contributed by atoms with Crippen molar-refractivity contribution in [2.24, 2.45) is 0 Å². The first-order chi connectivity index (χ1) is 12.0. The van der Waals surface area contributed by atoms with Crippen LogP contribution in [0, 0.1) is 5.95 Å². The highest BCUT2D eigenvalue weighted by molar-refractivity contribution is 5.76. The number of carbonyl (C=O) groups excluding carboxylic acids is 1. The maximum absolute atomic E-state index is 12.8. The van der Waals surface area contributed by atoms with Crippen molar-refractivity contribution in [2.75, 3.05) is 19.7 Å². The Labute approximate surface area is 145 Å². The average molecular weight is 353 g/mol. The molecule has 1 amide bonds. The summed E-state index contributed by atoms with van der Waals surface area (Å²) in [6, 6.07) is 1.58. The largest absolute Gasteiger partial charge is 0.395 e. The second-order valence-corrected chi connectivity index (χ2v) is 6.03. The molecule has 8 heteroatoms. The summed E-state index contributed by atoms with van der Waals surface area (Å²) in [6.07, 6.45) is 2.89. The molecule has 0 aromatic carbocycles. The molecule has 4 N–H and O–H groups in total. The van der Waals surface area contributed by atoms with Crippen molar-refractivity contribution >= 4 is 12.0 Å². The third kappa shape index (κ3) is 5.05. The fraction of sp³-hybridized carbons (Fsp3) is 0.529. The summed E-state index contributed by atoms with van der Waals surface area (Å²) in [5.74, 6) is -0.772. The Morgan fingerprint density at radius 3 is 2.80 bits per heavy atom. The van der Waals surface area contributed by atoms with Crippen molar-refractivity contribution in [3.05, 3.63) is 35.9 Å². The summed E-state index contributed by atoms with van der Waals surface area (Å²) < 4.78 is 12.8. The second-order valence-electron chi connectivity index (χ2n) is 6.03. The molecule has 1 aromatic rings. The first kappa shape index (κ1) is 19.5. The van der Waals surface area contributed by atoms with E-state index in [4.69, 9.17) is 0 Å². The fourth-order valence-electron chi connectivity index (χ4n) is 2.86. The molecule has 0 aliphatic carbocycles. The van der Waals surface area contributed by atoms with E-state index in [1.54, 1.807) is 30.0 Å². The van der Waals surface area contributed by atoms with Crippen LogP contribution >= 0.6 is 0 Å². The van der Waals surface area contributed by atoms with Crippen molar-refractivity contribution in [1.29, 1.82) is 0 Å². The molecule has 0 saturated carbocycles. The molecule has 1 aliphatic rings. The van der Waals surface area contributed by atoms with E-state index in [-0.39, 0.29) is 18.9 Å². The molecule has 2 heterocycles. The van der Waals surface area contributed by atoms with Crippen LogP contribution in [0.2, 0.25) is 0 Å². The van der Waals surface area contributed by atoms with Crippen molar-refractivity contribution in [2.45, 2.75) is 37.6 Å². The van der Waals surface area contributed by atoms with Gasteiger partial charge in [-0.15, -0.1) is 0 Å². The van der Waals surface area contributed by atoms with Crippen LogP contribution in [0.5, 0.6) is 0 Å². The lowest BCUT2D eigenvalue weighted by Gasteiger charge is -2.44. The highest BCUT2D eigenvalue weighted by atomic mass is 19.1. The summed E-state index contributed by atoms with van der Waals surface area (Å²) in [4.78, 5) is 16.9. The molecule has 0 bridgehead atoms. The molecule has 25 heavy (non-hydrogen) atoms. The van der Waals surface area contributed by atoms with Crippen LogP contribution in [0.25, 0.3) is 6.08 Å². The zero-order valence-corrected chi connectivity index (χ0v) is 14.0. The molecule has 4 unspecified atom stereocenters. The third-order valence-electron chi connectivity index (χ3n) is 4.31. The number of aromatic nitrogens is 1. The van der Waals surface area contributed by atoms with Gasteiger partial charge in [0.1, 0.15) is 6.10 Å². The average Bonchev–Trinajstić information content (AvgIpc) is 2.61. The molecule has 4 atom stereocenters. The predicted octanol–water partition coefficient (Wildman–Crippen LogP) is -0.473. The first-order valence-corrected chi connectivity index (χ1v) is 8.24. The molecule has 7 nitrogen and oxygen atoms in total. The van der Waals surface area contributed by atoms with Gasteiger partial charge in [-0.05, 0) is 17.7 Å². The number of aliphatic hydroxyl groups excluding tert-OH is 3. The van der Waals surface area contributed by atoms with Gasteiger partial charge in [0.15, 0.2) is 0 Å². The molecular weight excluding hydrogens is 329 g/mol. The number of rotatable bonds is 6. The monoisotopic (exact) mass is 353 g/mol. The zero-order valence-electron chi connectivity index (χ0n) is 14.0. The van der Waals surface area contributed by atoms with Gasteiger partial charge in [0, 0.05) is 25.7 Å². The van der Waals surface area contributed by atoms with Gasteiger partial charge in [-0.25, -0.2) is 4.98 Å². The van der Waals surface area contributed by atoms with Gasteiger partial charge in [-0.3, -0.25) is 9.69 Å². The van der Waals surface area contributed by atoms with Crippen molar-refractivity contribution in [1.82, 2.24) is 15.2 Å². The van der Waals surface area contributed by atoms with Gasteiger partial charge < -0.3 is 20.6 Å². The number of pyridine rings is 1. The maximum Gasteiger partial charge on any atom is 0.220 e. The molecule has 138 valence electrons. The smallest absolute Gasteiger partial charge is 0.220 e. The number of carbonyl (C=O) groups is 1. The van der Waals surface area contributed by atoms with Crippen LogP contribution in [0.15, 0.2) is 24.4 Å². The minimum Gasteiger partial charge on any atom is -0.395 e. The fourth-order valence-corrected chi connectivity index (χ4v) is 2.86. The predicted molar refractivity (Wildman–Crippen MR) is 89.9 cm³/mol. The van der Waals surface area contributed by atoms with Crippen LogP contribution in [0.4, 0.5) is 4.39 Å². The van der Waals surface area contributed by atoms with Crippen molar-refractivity contribution < 1.29 is 24.5 Å². The Morgan fingerprint density at radius 1 is 1.44 bits per heavy atom. The molecule has 2 rings (SSSR count). The molecule has 1 fully saturated rings. The van der Waals surface area contributed by atoms with Crippen LogP contribution in [0.3, 0.4) is 0 Å². The number of nitrogens with one attached hydrogen (secondary N) is 1. The quantitative estimate of drug-likeness (QED) is 0.515. The van der Waals surface area contributed by atoms with Gasteiger partial charge >= 0.3 is 0 Å². The second kappa shape index (κ2) is 9.00. The highest BCUT2D eigenvalue weighted by Crippen LogP contribution is 2.19. The Hall–Kier alpha value is -1.87. The van der Waals surface area contributed by atoms with Gasteiger partial charge in [0.05, 0.1) is 24.8 Å². The van der Waals surface area contributed by atoms with Crippen molar-refractivity contribution in [3.63, 3.8) is 0 Å². The number of nitrogens with zero attached hydrogens (tertiary/aromatic N) is 2. The number of aliphatic hydroxyl groups is 3. The summed E-state index contributed by atoms with van der Waals surface area (Å²) in [5, 5.41) is 32.6. The standard InChI is InChI=1S/C17H24FN3O4/c1-2-15(23)20-12-9-21(13(10-22)17(25)16(12)24)7-3-4-11-5-6-14(18)19-8-11/h3-6,8,12-13,16-17,22,24-25H,2,7,9-10H2,1H3,(H,20,23)/b4-3+. The van der Waals surface area contributed by atoms with Gasteiger partial charge in [-0.1, -0.05) is 19.1 Å². The molecule has 1 aliphatic heterocycles. The number of hydrogen-bond donors (Lipinski definition) is 4. The summed E-state index contributed by atoms with van der Waals surface area (Å²) in [7, 11) is 0. The van der Waals surface area contributed by atoms with Crippen LogP contribution in [-0.4, -0.2) is 75.1 Å². The Balaban J connectivity index is 2.04. The number of hydrogen-bond acceptors (Lipinski definition) is 6. The van der Waals surface area contributed by atoms with E-state index in [2.05, 4.69) is 10.3 Å². The van der Waals surface area contributed by atoms with E-state index in [1.165, 1.54) is 12.3 Å². The van der Waals surface area contributed by atoms with E-state index in [9.17, 15) is 24.5 Å². The molecule has 0 radical (unpaired) electrons. The number of likely N-dealkylation sites (tertiary alicyclic amines) is 1. The molecule has 0 spiro atoms. The molecule has 1 saturated heterocycles. The van der Waals surface area contributed by atoms with E-state index >= 15 is 0 Å². The van der Waals surface area contributed by atoms with Crippen molar-refractivity contribution in [3.8, 4) is 0 Å². The Kier molecular flexibility index (Phi) is 7.01. The Morgan fingerprint density at radius 2 is 2.20 bits per heavy atom. The lowest BCUT2D eigenvalue weighted by molar-refractivity contribution is -0.129. The number of halogens is 1. The third-order valence-corrected chi connectivity index (χ3v) is 4.31. The van der Waals surface area contributed by atoms with Gasteiger partial charge in [-0.2, -0.15) is 4.39 Å². The normalized spacial score (nSPS) is 27.6.